The lowest BCUT2D eigenvalue weighted by Crippen LogP contribution is -2.33. The Labute approximate surface area is 218 Å². The van der Waals surface area contributed by atoms with E-state index >= 15 is 0 Å². The Bertz CT molecular complexity index is 1470. The summed E-state index contributed by atoms with van der Waals surface area (Å²) in [5, 5.41) is 0. The predicted molar refractivity (Wildman–Crippen MR) is 145 cm³/mol. The minimum atomic E-state index is -3.49. The van der Waals surface area contributed by atoms with Crippen LogP contribution in [0.5, 0.6) is 0 Å². The molecule has 0 aliphatic carbocycles. The van der Waals surface area contributed by atoms with Crippen molar-refractivity contribution >= 4 is 15.9 Å². The molecule has 5 rings (SSSR count). The van der Waals surface area contributed by atoms with E-state index in [0.717, 1.165) is 33.4 Å². The molecular formula is C31H29NO4S. The standard InChI is InChI=1S/C31H29NO4S/c33-31(36-22-24-7-3-1-4-8-24)32-19-17-28-12-11-25(21-29(28)18-20-32)23-37(34,35)30-15-13-27(14-16-30)26-9-5-2-6-10-26/h1-16,21H,17-20,22-23H2. The Kier molecular flexibility index (Phi) is 7.37. The minimum Gasteiger partial charge on any atom is -0.445 e. The number of fused-ring (bicyclic) bond motifs is 1. The zero-order chi connectivity index (χ0) is 25.7. The van der Waals surface area contributed by atoms with Gasteiger partial charge in [-0.15, -0.1) is 0 Å². The van der Waals surface area contributed by atoms with Gasteiger partial charge in [0.2, 0.25) is 0 Å². The second-order valence-electron chi connectivity index (χ2n) is 9.28. The van der Waals surface area contributed by atoms with Crippen LogP contribution in [0.4, 0.5) is 4.79 Å². The first-order valence-corrected chi connectivity index (χ1v) is 14.1. The van der Waals surface area contributed by atoms with E-state index in [-0.39, 0.29) is 18.5 Å². The summed E-state index contributed by atoms with van der Waals surface area (Å²) >= 11 is 0. The van der Waals surface area contributed by atoms with Crippen molar-refractivity contribution in [3.05, 3.63) is 125 Å². The highest BCUT2D eigenvalue weighted by Gasteiger charge is 2.21. The third-order valence-electron chi connectivity index (χ3n) is 6.71. The molecule has 0 saturated carbocycles. The molecule has 1 heterocycles. The van der Waals surface area contributed by atoms with Crippen molar-refractivity contribution in [2.75, 3.05) is 13.1 Å². The topological polar surface area (TPSA) is 63.7 Å². The summed E-state index contributed by atoms with van der Waals surface area (Å²) in [6.07, 6.45) is 1.05. The SMILES string of the molecule is O=C(OCc1ccccc1)N1CCc2ccc(CS(=O)(=O)c3ccc(-c4ccccc4)cc3)cc2CC1. The van der Waals surface area contributed by atoms with Gasteiger partial charge in [0.05, 0.1) is 10.6 Å². The van der Waals surface area contributed by atoms with Crippen molar-refractivity contribution < 1.29 is 17.9 Å². The molecule has 188 valence electrons. The Morgan fingerprint density at radius 1 is 0.703 bits per heavy atom. The normalized spacial score (nSPS) is 13.5. The first-order valence-electron chi connectivity index (χ1n) is 12.4. The summed E-state index contributed by atoms with van der Waals surface area (Å²) in [4.78, 5) is 14.7. The maximum atomic E-state index is 13.1. The molecule has 6 heteroatoms. The smallest absolute Gasteiger partial charge is 0.410 e. The Morgan fingerprint density at radius 3 is 2.03 bits per heavy atom. The maximum Gasteiger partial charge on any atom is 0.410 e. The zero-order valence-electron chi connectivity index (χ0n) is 20.5. The van der Waals surface area contributed by atoms with E-state index in [9.17, 15) is 13.2 Å². The fourth-order valence-corrected chi connectivity index (χ4v) is 5.99. The molecule has 4 aromatic rings. The molecule has 1 amide bonds. The van der Waals surface area contributed by atoms with Gasteiger partial charge in [0.1, 0.15) is 6.61 Å². The van der Waals surface area contributed by atoms with Crippen molar-refractivity contribution in [2.24, 2.45) is 0 Å². The second-order valence-corrected chi connectivity index (χ2v) is 11.3. The van der Waals surface area contributed by atoms with Crippen LogP contribution >= 0.6 is 0 Å². The lowest BCUT2D eigenvalue weighted by molar-refractivity contribution is 0.0977. The molecule has 4 aromatic carbocycles. The molecule has 37 heavy (non-hydrogen) atoms. The van der Waals surface area contributed by atoms with Gasteiger partial charge in [-0.1, -0.05) is 91.0 Å². The Hall–Kier alpha value is -3.90. The number of amides is 1. The summed E-state index contributed by atoms with van der Waals surface area (Å²) in [5.74, 6) is -0.0617. The first-order chi connectivity index (χ1) is 18.0. The van der Waals surface area contributed by atoms with Gasteiger partial charge in [0.25, 0.3) is 0 Å². The molecule has 1 aliphatic heterocycles. The fraction of sp³-hybridized carbons (Fsp3) is 0.194. The van der Waals surface area contributed by atoms with Crippen LogP contribution < -0.4 is 0 Å². The summed E-state index contributed by atoms with van der Waals surface area (Å²) < 4.78 is 31.8. The highest BCUT2D eigenvalue weighted by molar-refractivity contribution is 7.90. The van der Waals surface area contributed by atoms with Crippen LogP contribution in [0.3, 0.4) is 0 Å². The molecule has 0 spiro atoms. The number of hydrogen-bond acceptors (Lipinski definition) is 4. The van der Waals surface area contributed by atoms with Crippen LogP contribution in [-0.4, -0.2) is 32.5 Å². The largest absolute Gasteiger partial charge is 0.445 e. The molecular weight excluding hydrogens is 482 g/mol. The first kappa shape index (κ1) is 24.8. The van der Waals surface area contributed by atoms with Crippen LogP contribution in [0.15, 0.2) is 108 Å². The molecule has 1 aliphatic rings. The van der Waals surface area contributed by atoms with E-state index < -0.39 is 9.84 Å². The molecule has 0 fully saturated rings. The number of ether oxygens (including phenoxy) is 1. The predicted octanol–water partition coefficient (Wildman–Crippen LogP) is 6.06. The van der Waals surface area contributed by atoms with Crippen LogP contribution in [0, 0.1) is 0 Å². The van der Waals surface area contributed by atoms with Gasteiger partial charge in [-0.05, 0) is 58.4 Å². The van der Waals surface area contributed by atoms with Crippen LogP contribution in [0.2, 0.25) is 0 Å². The highest BCUT2D eigenvalue weighted by Crippen LogP contribution is 2.25. The number of carbonyl (C=O) groups excluding carboxylic acids is 1. The Balaban J connectivity index is 1.23. The average molecular weight is 512 g/mol. The van der Waals surface area contributed by atoms with Gasteiger partial charge in [0.15, 0.2) is 9.84 Å². The number of benzene rings is 4. The van der Waals surface area contributed by atoms with Gasteiger partial charge >= 0.3 is 6.09 Å². The highest BCUT2D eigenvalue weighted by atomic mass is 32.2. The molecule has 0 saturated heterocycles. The molecule has 0 bridgehead atoms. The maximum absolute atomic E-state index is 13.1. The quantitative estimate of drug-likeness (QED) is 0.315. The van der Waals surface area contributed by atoms with Crippen molar-refractivity contribution in [1.29, 1.82) is 0 Å². The summed E-state index contributed by atoms with van der Waals surface area (Å²) in [6, 6.07) is 32.4. The number of sulfone groups is 1. The van der Waals surface area contributed by atoms with Gasteiger partial charge < -0.3 is 9.64 Å². The van der Waals surface area contributed by atoms with Gasteiger partial charge in [-0.2, -0.15) is 0 Å². The van der Waals surface area contributed by atoms with Crippen LogP contribution in [0.25, 0.3) is 11.1 Å². The van der Waals surface area contributed by atoms with E-state index in [2.05, 4.69) is 0 Å². The minimum absolute atomic E-state index is 0.0617. The molecule has 0 unspecified atom stereocenters. The number of nitrogens with zero attached hydrogens (tertiary/aromatic N) is 1. The van der Waals surface area contributed by atoms with Crippen molar-refractivity contribution in [1.82, 2.24) is 4.90 Å². The third kappa shape index (κ3) is 6.09. The fourth-order valence-electron chi connectivity index (χ4n) is 4.65. The van der Waals surface area contributed by atoms with E-state index in [4.69, 9.17) is 4.74 Å². The monoisotopic (exact) mass is 511 g/mol. The van der Waals surface area contributed by atoms with Gasteiger partial charge in [-0.3, -0.25) is 0 Å². The van der Waals surface area contributed by atoms with E-state index in [1.54, 1.807) is 17.0 Å². The summed E-state index contributed by atoms with van der Waals surface area (Å²) in [6.45, 7) is 1.36. The summed E-state index contributed by atoms with van der Waals surface area (Å²) in [7, 11) is -3.49. The molecule has 0 atom stereocenters. The van der Waals surface area contributed by atoms with Crippen molar-refractivity contribution in [3.63, 3.8) is 0 Å². The van der Waals surface area contributed by atoms with Crippen LogP contribution in [-0.2, 0) is 39.8 Å². The van der Waals surface area contributed by atoms with Crippen molar-refractivity contribution in [3.8, 4) is 11.1 Å². The van der Waals surface area contributed by atoms with Crippen molar-refractivity contribution in [2.45, 2.75) is 30.1 Å². The van der Waals surface area contributed by atoms with E-state index in [0.29, 0.717) is 30.8 Å². The lowest BCUT2D eigenvalue weighted by atomic mass is 10.0. The zero-order valence-corrected chi connectivity index (χ0v) is 21.4. The summed E-state index contributed by atoms with van der Waals surface area (Å²) in [5.41, 5.74) is 5.98. The molecule has 0 N–H and O–H groups in total. The lowest BCUT2D eigenvalue weighted by Gasteiger charge is -2.19. The molecule has 0 aromatic heterocycles. The van der Waals surface area contributed by atoms with Gasteiger partial charge in [0, 0.05) is 13.1 Å². The second kappa shape index (κ2) is 11.0. The Morgan fingerprint density at radius 2 is 1.32 bits per heavy atom. The van der Waals surface area contributed by atoms with E-state index in [1.807, 2.05) is 91.0 Å². The van der Waals surface area contributed by atoms with E-state index in [1.165, 1.54) is 0 Å². The number of hydrogen-bond donors (Lipinski definition) is 0. The third-order valence-corrected chi connectivity index (χ3v) is 8.42. The molecule has 0 radical (unpaired) electrons. The average Bonchev–Trinajstić information content (AvgIpc) is 3.15. The van der Waals surface area contributed by atoms with Crippen LogP contribution in [0.1, 0.15) is 22.3 Å². The molecule has 5 nitrogen and oxygen atoms in total. The number of carbonyl (C=O) groups is 1. The number of rotatable bonds is 6. The van der Waals surface area contributed by atoms with Gasteiger partial charge in [-0.25, -0.2) is 13.2 Å².